The van der Waals surface area contributed by atoms with Gasteiger partial charge in [-0.05, 0) is 43.5 Å². The number of unbranched alkanes of at least 4 members (excludes halogenated alkanes) is 1. The van der Waals surface area contributed by atoms with Gasteiger partial charge in [-0.2, -0.15) is 0 Å². The van der Waals surface area contributed by atoms with Gasteiger partial charge in [0.05, 0.1) is 5.52 Å². The van der Waals surface area contributed by atoms with E-state index in [0.717, 1.165) is 34.6 Å². The molecule has 0 spiro atoms. The van der Waals surface area contributed by atoms with Crippen LogP contribution in [-0.2, 0) is 6.54 Å². The van der Waals surface area contributed by atoms with E-state index < -0.39 is 0 Å². The maximum atomic E-state index is 4.53. The SMILES string of the molecule is CCCCn1ccc2c(Nc3c(C)cncc3C)nccc21. The van der Waals surface area contributed by atoms with Gasteiger partial charge in [-0.25, -0.2) is 4.98 Å². The van der Waals surface area contributed by atoms with Crippen molar-refractivity contribution in [3.8, 4) is 0 Å². The maximum Gasteiger partial charge on any atom is 0.139 e. The minimum Gasteiger partial charge on any atom is -0.347 e. The molecule has 0 aliphatic carbocycles. The first-order valence-electron chi connectivity index (χ1n) is 7.82. The van der Waals surface area contributed by atoms with Crippen molar-refractivity contribution < 1.29 is 0 Å². The number of aromatic nitrogens is 3. The van der Waals surface area contributed by atoms with Crippen LogP contribution in [0.3, 0.4) is 0 Å². The highest BCUT2D eigenvalue weighted by Gasteiger charge is 2.09. The molecule has 0 fully saturated rings. The predicted molar refractivity (Wildman–Crippen MR) is 91.6 cm³/mol. The van der Waals surface area contributed by atoms with E-state index in [1.54, 1.807) is 0 Å². The molecule has 3 aromatic heterocycles. The quantitative estimate of drug-likeness (QED) is 0.748. The van der Waals surface area contributed by atoms with Gasteiger partial charge in [-0.1, -0.05) is 13.3 Å². The Labute approximate surface area is 131 Å². The summed E-state index contributed by atoms with van der Waals surface area (Å²) in [6.45, 7) is 7.40. The van der Waals surface area contributed by atoms with Crippen molar-refractivity contribution in [1.82, 2.24) is 14.5 Å². The predicted octanol–water partition coefficient (Wildman–Crippen LogP) is 4.59. The number of nitrogens with one attached hydrogen (secondary N) is 1. The van der Waals surface area contributed by atoms with Crippen molar-refractivity contribution in [3.63, 3.8) is 0 Å². The van der Waals surface area contributed by atoms with Crippen LogP contribution >= 0.6 is 0 Å². The molecule has 0 amide bonds. The first-order valence-corrected chi connectivity index (χ1v) is 7.82. The summed E-state index contributed by atoms with van der Waals surface area (Å²) in [5, 5.41) is 4.65. The molecular weight excluding hydrogens is 272 g/mol. The van der Waals surface area contributed by atoms with Crippen LogP contribution in [0.2, 0.25) is 0 Å². The summed E-state index contributed by atoms with van der Waals surface area (Å²) in [7, 11) is 0. The largest absolute Gasteiger partial charge is 0.347 e. The summed E-state index contributed by atoms with van der Waals surface area (Å²) >= 11 is 0. The van der Waals surface area contributed by atoms with Crippen LogP contribution in [0.25, 0.3) is 10.9 Å². The van der Waals surface area contributed by atoms with Gasteiger partial charge in [-0.3, -0.25) is 4.98 Å². The number of fused-ring (bicyclic) bond motifs is 1. The summed E-state index contributed by atoms with van der Waals surface area (Å²) in [6, 6.07) is 4.23. The first-order chi connectivity index (χ1) is 10.7. The molecule has 0 aliphatic heterocycles. The molecule has 0 radical (unpaired) electrons. The van der Waals surface area contributed by atoms with Crippen molar-refractivity contribution in [3.05, 3.63) is 48.0 Å². The highest BCUT2D eigenvalue weighted by atomic mass is 15.0. The molecule has 3 heterocycles. The molecule has 22 heavy (non-hydrogen) atoms. The molecule has 114 valence electrons. The molecule has 4 nitrogen and oxygen atoms in total. The average molecular weight is 294 g/mol. The van der Waals surface area contributed by atoms with Crippen LogP contribution in [-0.4, -0.2) is 14.5 Å². The van der Waals surface area contributed by atoms with Crippen molar-refractivity contribution in [2.24, 2.45) is 0 Å². The number of nitrogens with zero attached hydrogens (tertiary/aromatic N) is 3. The van der Waals surface area contributed by atoms with Crippen molar-refractivity contribution in [2.45, 2.75) is 40.2 Å². The van der Waals surface area contributed by atoms with Crippen molar-refractivity contribution in [2.75, 3.05) is 5.32 Å². The highest BCUT2D eigenvalue weighted by Crippen LogP contribution is 2.28. The Kier molecular flexibility index (Phi) is 4.09. The number of hydrogen-bond acceptors (Lipinski definition) is 3. The van der Waals surface area contributed by atoms with E-state index >= 15 is 0 Å². The van der Waals surface area contributed by atoms with E-state index in [4.69, 9.17) is 0 Å². The third-order valence-corrected chi connectivity index (χ3v) is 4.02. The average Bonchev–Trinajstić information content (AvgIpc) is 2.93. The Bertz CT molecular complexity index is 769. The van der Waals surface area contributed by atoms with Gasteiger partial charge in [0.1, 0.15) is 5.82 Å². The molecule has 3 aromatic rings. The third kappa shape index (κ3) is 2.69. The monoisotopic (exact) mass is 294 g/mol. The minimum absolute atomic E-state index is 0.908. The Balaban J connectivity index is 1.99. The zero-order valence-electron chi connectivity index (χ0n) is 13.4. The fourth-order valence-corrected chi connectivity index (χ4v) is 2.76. The summed E-state index contributed by atoms with van der Waals surface area (Å²) < 4.78 is 2.30. The smallest absolute Gasteiger partial charge is 0.139 e. The Morgan fingerprint density at radius 2 is 1.91 bits per heavy atom. The van der Waals surface area contributed by atoms with Crippen LogP contribution < -0.4 is 5.32 Å². The van der Waals surface area contributed by atoms with E-state index in [0.29, 0.717) is 0 Å². The van der Waals surface area contributed by atoms with E-state index in [1.165, 1.54) is 18.4 Å². The Hall–Kier alpha value is -2.36. The number of anilines is 2. The molecule has 0 aromatic carbocycles. The Morgan fingerprint density at radius 3 is 2.64 bits per heavy atom. The van der Waals surface area contributed by atoms with Gasteiger partial charge in [0.15, 0.2) is 0 Å². The second-order valence-corrected chi connectivity index (χ2v) is 5.73. The van der Waals surface area contributed by atoms with Gasteiger partial charge < -0.3 is 9.88 Å². The fraction of sp³-hybridized carbons (Fsp3) is 0.333. The normalized spacial score (nSPS) is 11.0. The first kappa shape index (κ1) is 14.6. The van der Waals surface area contributed by atoms with E-state index in [-0.39, 0.29) is 0 Å². The molecule has 0 unspecified atom stereocenters. The number of hydrogen-bond donors (Lipinski definition) is 1. The molecule has 4 heteroatoms. The lowest BCUT2D eigenvalue weighted by atomic mass is 10.1. The van der Waals surface area contributed by atoms with Crippen molar-refractivity contribution >= 4 is 22.4 Å². The molecule has 0 saturated heterocycles. The molecule has 1 N–H and O–H groups in total. The fourth-order valence-electron chi connectivity index (χ4n) is 2.76. The minimum atomic E-state index is 0.908. The Morgan fingerprint density at radius 1 is 1.14 bits per heavy atom. The van der Waals surface area contributed by atoms with Gasteiger partial charge >= 0.3 is 0 Å². The topological polar surface area (TPSA) is 42.7 Å². The van der Waals surface area contributed by atoms with Crippen LogP contribution in [0.4, 0.5) is 11.5 Å². The molecule has 0 bridgehead atoms. The zero-order chi connectivity index (χ0) is 15.5. The molecule has 0 atom stereocenters. The van der Waals surface area contributed by atoms with Gasteiger partial charge in [0.25, 0.3) is 0 Å². The number of aryl methyl sites for hydroxylation is 3. The van der Waals surface area contributed by atoms with E-state index in [1.807, 2.05) is 18.6 Å². The lowest BCUT2D eigenvalue weighted by Crippen LogP contribution is -2.00. The second kappa shape index (κ2) is 6.18. The van der Waals surface area contributed by atoms with E-state index in [2.05, 4.69) is 59.0 Å². The van der Waals surface area contributed by atoms with Crippen LogP contribution in [0.5, 0.6) is 0 Å². The zero-order valence-corrected chi connectivity index (χ0v) is 13.4. The molecule has 0 saturated carbocycles. The van der Waals surface area contributed by atoms with Gasteiger partial charge in [0, 0.05) is 42.4 Å². The lowest BCUT2D eigenvalue weighted by molar-refractivity contribution is 0.650. The standard InChI is InChI=1S/C18H22N4/c1-4-5-9-22-10-7-15-16(22)6-8-20-18(15)21-17-13(2)11-19-12-14(17)3/h6-8,10-12H,4-5,9H2,1-3H3,(H,19,20,21). The van der Waals surface area contributed by atoms with Crippen LogP contribution in [0.1, 0.15) is 30.9 Å². The molecular formula is C18H22N4. The third-order valence-electron chi connectivity index (χ3n) is 4.02. The van der Waals surface area contributed by atoms with Crippen LogP contribution in [0, 0.1) is 13.8 Å². The van der Waals surface area contributed by atoms with Gasteiger partial charge in [-0.15, -0.1) is 0 Å². The summed E-state index contributed by atoms with van der Waals surface area (Å²) in [6.07, 6.45) is 10.2. The maximum absolute atomic E-state index is 4.53. The summed E-state index contributed by atoms with van der Waals surface area (Å²) in [4.78, 5) is 8.75. The number of pyridine rings is 2. The number of rotatable bonds is 5. The highest BCUT2D eigenvalue weighted by molar-refractivity contribution is 5.92. The summed E-state index contributed by atoms with van der Waals surface area (Å²) in [5.74, 6) is 0.908. The molecule has 0 aliphatic rings. The van der Waals surface area contributed by atoms with Crippen molar-refractivity contribution in [1.29, 1.82) is 0 Å². The van der Waals surface area contributed by atoms with E-state index in [9.17, 15) is 0 Å². The lowest BCUT2D eigenvalue weighted by Gasteiger charge is -2.12. The van der Waals surface area contributed by atoms with Gasteiger partial charge in [0.2, 0.25) is 0 Å². The summed E-state index contributed by atoms with van der Waals surface area (Å²) in [5.41, 5.74) is 4.58. The second-order valence-electron chi connectivity index (χ2n) is 5.73. The van der Waals surface area contributed by atoms with Crippen LogP contribution in [0.15, 0.2) is 36.9 Å². The molecule has 3 rings (SSSR count).